The van der Waals surface area contributed by atoms with Crippen LogP contribution < -0.4 is 10.1 Å². The highest BCUT2D eigenvalue weighted by Gasteiger charge is 2.23. The van der Waals surface area contributed by atoms with Crippen LogP contribution in [-0.2, 0) is 9.53 Å². The fourth-order valence-electron chi connectivity index (χ4n) is 2.18. The first kappa shape index (κ1) is 14.6. The van der Waals surface area contributed by atoms with E-state index in [-0.39, 0.29) is 11.9 Å². The van der Waals surface area contributed by atoms with Crippen molar-refractivity contribution < 1.29 is 14.3 Å². The molecule has 1 saturated heterocycles. The van der Waals surface area contributed by atoms with Crippen LogP contribution in [0.25, 0.3) is 0 Å². The molecule has 1 N–H and O–H groups in total. The normalized spacial score (nSPS) is 16.6. The first-order chi connectivity index (χ1) is 9.61. The zero-order valence-electron chi connectivity index (χ0n) is 12.2. The maximum Gasteiger partial charge on any atom is 0.244 e. The molecule has 1 fully saturated rings. The van der Waals surface area contributed by atoms with E-state index in [2.05, 4.69) is 10.3 Å². The van der Waals surface area contributed by atoms with Gasteiger partial charge in [-0.25, -0.2) is 0 Å². The Hall–Kier alpha value is -1.82. The van der Waals surface area contributed by atoms with Crippen molar-refractivity contribution in [1.29, 1.82) is 0 Å². The highest BCUT2D eigenvalue weighted by atomic mass is 16.5. The molecule has 1 amide bonds. The van der Waals surface area contributed by atoms with E-state index in [0.29, 0.717) is 32.1 Å². The van der Waals surface area contributed by atoms with Crippen LogP contribution in [0.5, 0.6) is 5.75 Å². The Bertz CT molecular complexity index is 473. The monoisotopic (exact) mass is 279 g/mol. The fourth-order valence-corrected chi connectivity index (χ4v) is 2.18. The summed E-state index contributed by atoms with van der Waals surface area (Å²) in [4.78, 5) is 18.3. The molecule has 1 aromatic rings. The van der Waals surface area contributed by atoms with Crippen molar-refractivity contribution >= 4 is 11.6 Å². The van der Waals surface area contributed by atoms with E-state index in [1.165, 1.54) is 0 Å². The molecule has 0 saturated carbocycles. The average Bonchev–Trinajstić information content (AvgIpc) is 2.47. The van der Waals surface area contributed by atoms with Gasteiger partial charge in [0.05, 0.1) is 32.2 Å². The summed E-state index contributed by atoms with van der Waals surface area (Å²) in [5.74, 6) is 0.710. The van der Waals surface area contributed by atoms with Crippen molar-refractivity contribution in [3.8, 4) is 5.75 Å². The Kier molecular flexibility index (Phi) is 4.79. The summed E-state index contributed by atoms with van der Waals surface area (Å²) in [7, 11) is 1.59. The summed E-state index contributed by atoms with van der Waals surface area (Å²) in [5, 5.41) is 3.20. The number of amides is 1. The van der Waals surface area contributed by atoms with Gasteiger partial charge in [0.1, 0.15) is 6.04 Å². The van der Waals surface area contributed by atoms with Crippen LogP contribution in [0.2, 0.25) is 0 Å². The van der Waals surface area contributed by atoms with E-state index in [0.717, 1.165) is 11.4 Å². The molecule has 6 heteroatoms. The van der Waals surface area contributed by atoms with Gasteiger partial charge in [-0.2, -0.15) is 0 Å². The third kappa shape index (κ3) is 3.39. The lowest BCUT2D eigenvalue weighted by molar-refractivity contribution is -0.135. The summed E-state index contributed by atoms with van der Waals surface area (Å²) in [5.41, 5.74) is 1.66. The number of nitrogens with zero attached hydrogens (tertiary/aromatic N) is 2. The molecule has 0 aliphatic carbocycles. The topological polar surface area (TPSA) is 63.7 Å². The smallest absolute Gasteiger partial charge is 0.244 e. The predicted molar refractivity (Wildman–Crippen MR) is 76.0 cm³/mol. The third-order valence-electron chi connectivity index (χ3n) is 3.29. The Labute approximate surface area is 119 Å². The summed E-state index contributed by atoms with van der Waals surface area (Å²) in [6, 6.07) is 1.56. The first-order valence-corrected chi connectivity index (χ1v) is 6.75. The second-order valence-corrected chi connectivity index (χ2v) is 4.83. The molecule has 1 aromatic heterocycles. The molecule has 2 heterocycles. The van der Waals surface area contributed by atoms with Crippen molar-refractivity contribution in [1.82, 2.24) is 9.88 Å². The van der Waals surface area contributed by atoms with Crippen molar-refractivity contribution in [2.45, 2.75) is 19.9 Å². The average molecular weight is 279 g/mol. The van der Waals surface area contributed by atoms with Gasteiger partial charge in [0.15, 0.2) is 5.75 Å². The molecule has 110 valence electrons. The van der Waals surface area contributed by atoms with Gasteiger partial charge in [-0.05, 0) is 19.9 Å². The van der Waals surface area contributed by atoms with Gasteiger partial charge in [-0.1, -0.05) is 0 Å². The number of pyridine rings is 1. The number of carbonyl (C=O) groups excluding carboxylic acids is 1. The van der Waals surface area contributed by atoms with E-state index < -0.39 is 0 Å². The lowest BCUT2D eigenvalue weighted by atomic mass is 10.2. The number of nitrogens with one attached hydrogen (secondary N) is 1. The standard InChI is InChI=1S/C14H21N3O3/c1-10-8-12(13(19-3)9-15-10)16-11(2)14(18)17-4-6-20-7-5-17/h8-9,11H,4-7H2,1-3H3,(H,15,16). The zero-order chi connectivity index (χ0) is 14.5. The molecule has 0 radical (unpaired) electrons. The zero-order valence-corrected chi connectivity index (χ0v) is 12.2. The summed E-state index contributed by atoms with van der Waals surface area (Å²) >= 11 is 0. The van der Waals surface area contributed by atoms with Gasteiger partial charge in [0.25, 0.3) is 0 Å². The molecular formula is C14H21N3O3. The summed E-state index contributed by atoms with van der Waals surface area (Å²) < 4.78 is 10.5. The van der Waals surface area contributed by atoms with Crippen molar-refractivity contribution in [2.75, 3.05) is 38.7 Å². The third-order valence-corrected chi connectivity index (χ3v) is 3.29. The highest BCUT2D eigenvalue weighted by Crippen LogP contribution is 2.24. The minimum Gasteiger partial charge on any atom is -0.493 e. The molecular weight excluding hydrogens is 258 g/mol. The van der Waals surface area contributed by atoms with Crippen LogP contribution in [0.3, 0.4) is 0 Å². The second kappa shape index (κ2) is 6.56. The SMILES string of the molecule is COc1cnc(C)cc1NC(C)C(=O)N1CCOCC1. The first-order valence-electron chi connectivity index (χ1n) is 6.75. The van der Waals surface area contributed by atoms with E-state index in [4.69, 9.17) is 9.47 Å². The van der Waals surface area contributed by atoms with Crippen molar-refractivity contribution in [3.63, 3.8) is 0 Å². The van der Waals surface area contributed by atoms with Crippen LogP contribution >= 0.6 is 0 Å². The van der Waals surface area contributed by atoms with Crippen LogP contribution in [0, 0.1) is 6.92 Å². The van der Waals surface area contributed by atoms with Gasteiger partial charge >= 0.3 is 0 Å². The molecule has 0 aromatic carbocycles. The lowest BCUT2D eigenvalue weighted by Crippen LogP contribution is -2.47. The fraction of sp³-hybridized carbons (Fsp3) is 0.571. The van der Waals surface area contributed by atoms with Gasteiger partial charge < -0.3 is 19.7 Å². The predicted octanol–water partition coefficient (Wildman–Crippen LogP) is 1.06. The number of aryl methyl sites for hydroxylation is 1. The number of hydrogen-bond donors (Lipinski definition) is 1. The summed E-state index contributed by atoms with van der Waals surface area (Å²) in [6.07, 6.45) is 1.66. The Morgan fingerprint density at radius 2 is 2.20 bits per heavy atom. The number of carbonyl (C=O) groups is 1. The number of ether oxygens (including phenoxy) is 2. The molecule has 1 aliphatic heterocycles. The van der Waals surface area contributed by atoms with E-state index in [9.17, 15) is 4.79 Å². The van der Waals surface area contributed by atoms with Crippen molar-refractivity contribution in [2.24, 2.45) is 0 Å². The quantitative estimate of drug-likeness (QED) is 0.893. The van der Waals surface area contributed by atoms with Crippen molar-refractivity contribution in [3.05, 3.63) is 18.0 Å². The second-order valence-electron chi connectivity index (χ2n) is 4.83. The molecule has 0 spiro atoms. The lowest BCUT2D eigenvalue weighted by Gasteiger charge is -2.30. The Morgan fingerprint density at radius 1 is 1.50 bits per heavy atom. The number of hydrogen-bond acceptors (Lipinski definition) is 5. The van der Waals surface area contributed by atoms with Crippen LogP contribution in [0.4, 0.5) is 5.69 Å². The van der Waals surface area contributed by atoms with Crippen LogP contribution in [0.1, 0.15) is 12.6 Å². The van der Waals surface area contributed by atoms with Gasteiger partial charge in [-0.15, -0.1) is 0 Å². The van der Waals surface area contributed by atoms with E-state index >= 15 is 0 Å². The number of rotatable bonds is 4. The molecule has 20 heavy (non-hydrogen) atoms. The summed E-state index contributed by atoms with van der Waals surface area (Å²) in [6.45, 7) is 6.27. The Balaban J connectivity index is 2.04. The molecule has 1 aliphatic rings. The van der Waals surface area contributed by atoms with Crippen LogP contribution in [-0.4, -0.2) is 55.2 Å². The number of aromatic nitrogens is 1. The molecule has 2 rings (SSSR count). The van der Waals surface area contributed by atoms with E-state index in [1.807, 2.05) is 24.8 Å². The molecule has 1 unspecified atom stereocenters. The molecule has 1 atom stereocenters. The minimum atomic E-state index is -0.316. The number of methoxy groups -OCH3 is 1. The largest absolute Gasteiger partial charge is 0.493 e. The number of anilines is 1. The van der Waals surface area contributed by atoms with E-state index in [1.54, 1.807) is 13.3 Å². The maximum absolute atomic E-state index is 12.3. The van der Waals surface area contributed by atoms with Gasteiger partial charge in [0, 0.05) is 18.8 Å². The number of morpholine rings is 1. The van der Waals surface area contributed by atoms with Gasteiger partial charge in [0.2, 0.25) is 5.91 Å². The molecule has 6 nitrogen and oxygen atoms in total. The van der Waals surface area contributed by atoms with Gasteiger partial charge in [-0.3, -0.25) is 9.78 Å². The minimum absolute atomic E-state index is 0.0739. The molecule has 0 bridgehead atoms. The van der Waals surface area contributed by atoms with Crippen LogP contribution in [0.15, 0.2) is 12.3 Å². The highest BCUT2D eigenvalue weighted by molar-refractivity contribution is 5.84. The maximum atomic E-state index is 12.3. The Morgan fingerprint density at radius 3 is 2.85 bits per heavy atom.